The van der Waals surface area contributed by atoms with Gasteiger partial charge in [-0.05, 0) is 59.6 Å². The summed E-state index contributed by atoms with van der Waals surface area (Å²) in [6.45, 7) is 4.50. The van der Waals surface area contributed by atoms with Gasteiger partial charge in [-0.15, -0.1) is 0 Å². The van der Waals surface area contributed by atoms with Crippen LogP contribution in [0, 0.1) is 6.92 Å². The minimum Gasteiger partial charge on any atom is -0.350 e. The smallest absolute Gasteiger partial charge is 0.222 e. The van der Waals surface area contributed by atoms with Crippen molar-refractivity contribution in [2.75, 3.05) is 0 Å². The van der Waals surface area contributed by atoms with E-state index in [0.717, 1.165) is 21.4 Å². The number of carbonyl (C=O) groups is 1. The quantitative estimate of drug-likeness (QED) is 0.679. The first-order chi connectivity index (χ1) is 12.0. The Morgan fingerprint density at radius 2 is 2.04 bits per heavy atom. The molecule has 1 amide bonds. The summed E-state index contributed by atoms with van der Waals surface area (Å²) in [7, 11) is 0. The summed E-state index contributed by atoms with van der Waals surface area (Å²) < 4.78 is 4.80. The molecule has 1 atom stereocenters. The second-order valence-corrected chi connectivity index (χ2v) is 6.90. The van der Waals surface area contributed by atoms with Crippen molar-refractivity contribution in [2.24, 2.45) is 0 Å². The number of rotatable bonds is 6. The average Bonchev–Trinajstić information content (AvgIpc) is 3.24. The highest BCUT2D eigenvalue weighted by molar-refractivity contribution is 9.10. The number of aromatic nitrogens is 3. The zero-order valence-electron chi connectivity index (χ0n) is 14.3. The molecule has 1 aromatic carbocycles. The van der Waals surface area contributed by atoms with Crippen molar-refractivity contribution in [1.29, 1.82) is 0 Å². The topological polar surface area (TPSA) is 51.9 Å². The molecule has 0 fully saturated rings. The van der Waals surface area contributed by atoms with E-state index in [1.807, 2.05) is 56.7 Å². The monoisotopic (exact) mass is 400 g/mol. The molecule has 0 aliphatic rings. The van der Waals surface area contributed by atoms with Crippen molar-refractivity contribution >= 4 is 21.8 Å². The maximum Gasteiger partial charge on any atom is 0.222 e. The van der Waals surface area contributed by atoms with Gasteiger partial charge in [0.25, 0.3) is 0 Å². The van der Waals surface area contributed by atoms with E-state index in [9.17, 15) is 4.79 Å². The van der Waals surface area contributed by atoms with Crippen molar-refractivity contribution in [3.8, 4) is 5.69 Å². The molecule has 3 rings (SSSR count). The first-order valence-electron chi connectivity index (χ1n) is 8.25. The molecule has 2 heterocycles. The van der Waals surface area contributed by atoms with E-state index in [1.165, 1.54) is 0 Å². The number of aryl methyl sites for hydroxylation is 2. The van der Waals surface area contributed by atoms with Gasteiger partial charge >= 0.3 is 0 Å². The van der Waals surface area contributed by atoms with Gasteiger partial charge in [0.2, 0.25) is 5.91 Å². The van der Waals surface area contributed by atoms with Crippen LogP contribution in [0.2, 0.25) is 0 Å². The summed E-state index contributed by atoms with van der Waals surface area (Å²) in [5, 5.41) is 7.41. The summed E-state index contributed by atoms with van der Waals surface area (Å²) >= 11 is 3.43. The van der Waals surface area contributed by atoms with Crippen molar-refractivity contribution in [3.63, 3.8) is 0 Å². The third-order valence-electron chi connectivity index (χ3n) is 4.10. The molecule has 3 aromatic rings. The van der Waals surface area contributed by atoms with Crippen LogP contribution in [0.1, 0.15) is 30.6 Å². The first-order valence-corrected chi connectivity index (χ1v) is 9.04. The highest BCUT2D eigenvalue weighted by atomic mass is 79.9. The third-order valence-corrected chi connectivity index (χ3v) is 4.88. The third kappa shape index (κ3) is 4.39. The highest BCUT2D eigenvalue weighted by Gasteiger charge is 2.11. The number of carbonyl (C=O) groups excluding carboxylic acids is 1. The van der Waals surface area contributed by atoms with Crippen LogP contribution in [-0.2, 0) is 11.3 Å². The molecule has 2 aromatic heterocycles. The van der Waals surface area contributed by atoms with Crippen molar-refractivity contribution in [3.05, 3.63) is 70.7 Å². The van der Waals surface area contributed by atoms with Gasteiger partial charge in [0.15, 0.2) is 0 Å². The zero-order chi connectivity index (χ0) is 17.8. The van der Waals surface area contributed by atoms with E-state index < -0.39 is 0 Å². The molecule has 0 aliphatic carbocycles. The van der Waals surface area contributed by atoms with Gasteiger partial charge in [-0.3, -0.25) is 9.48 Å². The summed E-state index contributed by atoms with van der Waals surface area (Å²) in [6, 6.07) is 12.1. The second kappa shape index (κ2) is 7.70. The lowest BCUT2D eigenvalue weighted by Gasteiger charge is -2.16. The van der Waals surface area contributed by atoms with E-state index in [0.29, 0.717) is 13.0 Å². The maximum atomic E-state index is 12.2. The summed E-state index contributed by atoms with van der Waals surface area (Å²) in [5.41, 5.74) is 3.09. The largest absolute Gasteiger partial charge is 0.350 e. The summed E-state index contributed by atoms with van der Waals surface area (Å²) in [6.07, 6.45) is 6.31. The molecule has 0 aliphatic heterocycles. The number of hydrogen-bond acceptors (Lipinski definition) is 2. The zero-order valence-corrected chi connectivity index (χ0v) is 15.9. The van der Waals surface area contributed by atoms with Crippen LogP contribution >= 0.6 is 15.9 Å². The van der Waals surface area contributed by atoms with E-state index in [2.05, 4.69) is 43.0 Å². The molecular formula is C19H21BrN4O. The predicted octanol–water partition coefficient (Wildman–Crippen LogP) is 4.01. The summed E-state index contributed by atoms with van der Waals surface area (Å²) in [5.74, 6) is 0.0168. The van der Waals surface area contributed by atoms with E-state index in [1.54, 1.807) is 4.68 Å². The van der Waals surface area contributed by atoms with Crippen molar-refractivity contribution in [1.82, 2.24) is 19.7 Å². The molecule has 0 bridgehead atoms. The number of nitrogens with one attached hydrogen (secondary N) is 1. The Hall–Kier alpha value is -2.34. The van der Waals surface area contributed by atoms with Crippen LogP contribution < -0.4 is 5.32 Å². The van der Waals surface area contributed by atoms with Gasteiger partial charge in [-0.25, -0.2) is 0 Å². The molecule has 0 spiro atoms. The van der Waals surface area contributed by atoms with Crippen LogP contribution in [-0.4, -0.2) is 20.3 Å². The molecule has 5 nitrogen and oxygen atoms in total. The van der Waals surface area contributed by atoms with Gasteiger partial charge in [-0.2, -0.15) is 5.10 Å². The fourth-order valence-corrected chi connectivity index (χ4v) is 3.00. The van der Waals surface area contributed by atoms with Crippen LogP contribution in [0.5, 0.6) is 0 Å². The Balaban J connectivity index is 1.59. The van der Waals surface area contributed by atoms with Gasteiger partial charge in [0.05, 0.1) is 16.2 Å². The molecule has 0 saturated heterocycles. The number of nitrogens with zero attached hydrogens (tertiary/aromatic N) is 3. The minimum absolute atomic E-state index is 0.0168. The molecule has 0 saturated carbocycles. The van der Waals surface area contributed by atoms with Gasteiger partial charge in [0, 0.05) is 37.2 Å². The summed E-state index contributed by atoms with van der Waals surface area (Å²) in [4.78, 5) is 12.2. The Morgan fingerprint density at radius 1 is 1.28 bits per heavy atom. The molecule has 6 heteroatoms. The van der Waals surface area contributed by atoms with Crippen LogP contribution in [0.3, 0.4) is 0 Å². The maximum absolute atomic E-state index is 12.2. The van der Waals surface area contributed by atoms with Crippen molar-refractivity contribution in [2.45, 2.75) is 32.9 Å². The molecule has 1 N–H and O–H groups in total. The average molecular weight is 401 g/mol. The lowest BCUT2D eigenvalue weighted by atomic mass is 10.1. The molecule has 130 valence electrons. The Morgan fingerprint density at radius 3 is 2.72 bits per heavy atom. The number of hydrogen-bond donors (Lipinski definition) is 1. The fraction of sp³-hybridized carbons (Fsp3) is 0.263. The standard InChI is InChI=1S/C19H21BrN4O/c1-14(16-6-5-7-17(12-16)23-9-3-4-10-23)21-19(25)8-11-24-13-18(20)15(2)22-24/h3-7,9-10,12-14H,8,11H2,1-2H3,(H,21,25). The molecule has 0 radical (unpaired) electrons. The molecule has 1 unspecified atom stereocenters. The lowest BCUT2D eigenvalue weighted by molar-refractivity contribution is -0.122. The van der Waals surface area contributed by atoms with Gasteiger partial charge in [-0.1, -0.05) is 12.1 Å². The number of halogens is 1. The Labute approximate surface area is 155 Å². The minimum atomic E-state index is -0.0471. The van der Waals surface area contributed by atoms with Crippen LogP contribution in [0.15, 0.2) is 59.5 Å². The van der Waals surface area contributed by atoms with E-state index >= 15 is 0 Å². The molecule has 25 heavy (non-hydrogen) atoms. The van der Waals surface area contributed by atoms with E-state index in [-0.39, 0.29) is 11.9 Å². The normalized spacial score (nSPS) is 12.1. The van der Waals surface area contributed by atoms with Gasteiger partial charge < -0.3 is 9.88 Å². The molecular weight excluding hydrogens is 380 g/mol. The Bertz CT molecular complexity index is 835. The second-order valence-electron chi connectivity index (χ2n) is 6.05. The van der Waals surface area contributed by atoms with Gasteiger partial charge in [0.1, 0.15) is 0 Å². The Kier molecular flexibility index (Phi) is 5.38. The van der Waals surface area contributed by atoms with Crippen LogP contribution in [0.4, 0.5) is 0 Å². The number of benzene rings is 1. The highest BCUT2D eigenvalue weighted by Crippen LogP contribution is 2.17. The number of amides is 1. The van der Waals surface area contributed by atoms with Crippen molar-refractivity contribution < 1.29 is 4.79 Å². The first kappa shape index (κ1) is 17.5. The fourth-order valence-electron chi connectivity index (χ4n) is 2.68. The SMILES string of the molecule is Cc1nn(CCC(=O)NC(C)c2cccc(-n3cccc3)c2)cc1Br. The van der Waals surface area contributed by atoms with Crippen LogP contribution in [0.25, 0.3) is 5.69 Å². The lowest BCUT2D eigenvalue weighted by Crippen LogP contribution is -2.27. The predicted molar refractivity (Wildman–Crippen MR) is 102 cm³/mol. The van der Waals surface area contributed by atoms with E-state index in [4.69, 9.17) is 0 Å².